The third kappa shape index (κ3) is 4.58. The van der Waals surface area contributed by atoms with E-state index in [-0.39, 0.29) is 10.6 Å². The molecule has 1 atom stereocenters. The number of hydrogen-bond donors (Lipinski definition) is 3. The summed E-state index contributed by atoms with van der Waals surface area (Å²) in [6, 6.07) is 8.40. The number of para-hydroxylation sites is 1. The Morgan fingerprint density at radius 2 is 2.00 bits per heavy atom. The highest BCUT2D eigenvalue weighted by Gasteiger charge is 2.29. The molecule has 1 aliphatic rings. The van der Waals surface area contributed by atoms with E-state index in [1.807, 2.05) is 29.6 Å². The molecular formula is C17H16FN3O4S2. The highest BCUT2D eigenvalue weighted by atomic mass is 32.2. The zero-order valence-corrected chi connectivity index (χ0v) is 16.0. The first-order chi connectivity index (χ1) is 12.8. The molecular weight excluding hydrogens is 393 g/mol. The first-order valence-corrected chi connectivity index (χ1v) is 9.67. The molecule has 10 heteroatoms. The van der Waals surface area contributed by atoms with Gasteiger partial charge in [0.05, 0.1) is 11.7 Å². The van der Waals surface area contributed by atoms with Gasteiger partial charge in [0.1, 0.15) is 5.00 Å². The van der Waals surface area contributed by atoms with Gasteiger partial charge in [-0.1, -0.05) is 35.2 Å². The summed E-state index contributed by atoms with van der Waals surface area (Å²) in [5.41, 5.74) is 0.682. The predicted molar refractivity (Wildman–Crippen MR) is 102 cm³/mol. The van der Waals surface area contributed by atoms with Gasteiger partial charge in [-0.3, -0.25) is 14.9 Å². The Hall–Kier alpha value is -2.59. The Morgan fingerprint density at radius 1 is 1.26 bits per heavy atom. The summed E-state index contributed by atoms with van der Waals surface area (Å²) in [5.74, 6) is -1.29. The van der Waals surface area contributed by atoms with Crippen LogP contribution in [0.5, 0.6) is 0 Å². The second-order valence-electron chi connectivity index (χ2n) is 5.83. The number of halogens is 1. The number of benzene rings is 1. The largest absolute Gasteiger partial charge is 0.447 e. The van der Waals surface area contributed by atoms with Crippen LogP contribution in [0.2, 0.25) is 0 Å². The fourth-order valence-corrected chi connectivity index (χ4v) is 4.11. The number of amides is 3. The van der Waals surface area contributed by atoms with E-state index in [1.54, 1.807) is 13.8 Å². The van der Waals surface area contributed by atoms with Crippen molar-refractivity contribution in [2.75, 3.05) is 10.6 Å². The number of fused-ring (bicyclic) bond motifs is 1. The van der Waals surface area contributed by atoms with Crippen molar-refractivity contribution >= 4 is 51.7 Å². The number of thioether (sulfide) groups is 1. The maximum absolute atomic E-state index is 13.7. The summed E-state index contributed by atoms with van der Waals surface area (Å²) in [5, 5.41) is 6.34. The number of nitrogens with one attached hydrogen (secondary N) is 3. The fraction of sp³-hybridized carbons (Fsp3) is 0.235. The number of ether oxygens (including phenoxy) is 1. The summed E-state index contributed by atoms with van der Waals surface area (Å²) in [7, 11) is 0. The minimum absolute atomic E-state index is 0.0192. The van der Waals surface area contributed by atoms with Crippen LogP contribution >= 0.6 is 23.1 Å². The molecule has 1 aromatic heterocycles. The maximum Gasteiger partial charge on any atom is 0.414 e. The van der Waals surface area contributed by atoms with Gasteiger partial charge in [0.2, 0.25) is 0 Å². The van der Waals surface area contributed by atoms with Gasteiger partial charge in [0.25, 0.3) is 11.8 Å². The van der Waals surface area contributed by atoms with Crippen LogP contribution in [0.15, 0.2) is 35.2 Å². The molecule has 0 saturated heterocycles. The first kappa shape index (κ1) is 19.2. The molecule has 0 aliphatic carbocycles. The molecule has 1 aliphatic heterocycles. The SMILES string of the molecule is CC(C)OC(=O)NC(=O)c1cc(F)sc1NC(=O)C1Nc2ccccc2S1. The van der Waals surface area contributed by atoms with Crippen LogP contribution in [0.3, 0.4) is 0 Å². The molecule has 3 N–H and O–H groups in total. The Labute approximate surface area is 162 Å². The van der Waals surface area contributed by atoms with Crippen LogP contribution in [0.1, 0.15) is 24.2 Å². The number of carbonyl (C=O) groups excluding carboxylic acids is 3. The van der Waals surface area contributed by atoms with E-state index in [4.69, 9.17) is 4.74 Å². The van der Waals surface area contributed by atoms with Gasteiger partial charge in [-0.15, -0.1) is 0 Å². The van der Waals surface area contributed by atoms with Crippen LogP contribution < -0.4 is 16.0 Å². The molecule has 3 amide bonds. The normalized spacial score (nSPS) is 15.0. The Kier molecular flexibility index (Phi) is 5.66. The number of thiophene rings is 1. The zero-order chi connectivity index (χ0) is 19.6. The van der Waals surface area contributed by atoms with Crippen LogP contribution in [-0.2, 0) is 9.53 Å². The molecule has 1 unspecified atom stereocenters. The standard InChI is InChI=1S/C17H16FN3O4S2/c1-8(2)25-17(24)21-13(22)9-7-12(18)27-15(9)20-14(23)16-19-10-5-3-4-6-11(10)26-16/h3-8,16,19H,1-2H3,(H,20,23)(H,21,22,24). The zero-order valence-electron chi connectivity index (χ0n) is 14.4. The van der Waals surface area contributed by atoms with Gasteiger partial charge in [0, 0.05) is 16.6 Å². The summed E-state index contributed by atoms with van der Waals surface area (Å²) in [4.78, 5) is 37.2. The summed E-state index contributed by atoms with van der Waals surface area (Å²) < 4.78 is 18.5. The average Bonchev–Trinajstić information content (AvgIpc) is 3.17. The van der Waals surface area contributed by atoms with Crippen molar-refractivity contribution < 1.29 is 23.5 Å². The van der Waals surface area contributed by atoms with Crippen LogP contribution in [0.4, 0.5) is 19.9 Å². The van der Waals surface area contributed by atoms with E-state index in [9.17, 15) is 18.8 Å². The molecule has 27 heavy (non-hydrogen) atoms. The number of alkyl carbamates (subject to hydrolysis) is 1. The number of rotatable bonds is 4. The molecule has 0 radical (unpaired) electrons. The van der Waals surface area contributed by atoms with E-state index in [0.717, 1.165) is 16.6 Å². The van der Waals surface area contributed by atoms with E-state index in [1.165, 1.54) is 11.8 Å². The second kappa shape index (κ2) is 7.97. The Balaban J connectivity index is 1.68. The third-order valence-corrected chi connectivity index (χ3v) is 5.41. The minimum atomic E-state index is -0.942. The van der Waals surface area contributed by atoms with Crippen LogP contribution in [0, 0.1) is 5.13 Å². The average molecular weight is 409 g/mol. The monoisotopic (exact) mass is 409 g/mol. The van der Waals surface area contributed by atoms with E-state index in [2.05, 4.69) is 10.6 Å². The van der Waals surface area contributed by atoms with Crippen molar-refractivity contribution in [1.29, 1.82) is 0 Å². The molecule has 0 fully saturated rings. The second-order valence-corrected chi connectivity index (χ2v) is 7.98. The lowest BCUT2D eigenvalue weighted by atomic mass is 10.3. The highest BCUT2D eigenvalue weighted by molar-refractivity contribution is 8.01. The Bertz CT molecular complexity index is 875. The van der Waals surface area contributed by atoms with Crippen molar-refractivity contribution in [2.24, 2.45) is 0 Å². The van der Waals surface area contributed by atoms with Gasteiger partial charge >= 0.3 is 6.09 Å². The molecule has 142 valence electrons. The van der Waals surface area contributed by atoms with E-state index < -0.39 is 34.5 Å². The van der Waals surface area contributed by atoms with Crippen LogP contribution in [0.25, 0.3) is 0 Å². The van der Waals surface area contributed by atoms with Gasteiger partial charge in [0.15, 0.2) is 10.5 Å². The summed E-state index contributed by atoms with van der Waals surface area (Å²) >= 11 is 1.92. The summed E-state index contributed by atoms with van der Waals surface area (Å²) in [6.07, 6.45) is -1.36. The molecule has 0 saturated carbocycles. The number of anilines is 2. The van der Waals surface area contributed by atoms with Gasteiger partial charge in [-0.2, -0.15) is 4.39 Å². The first-order valence-electron chi connectivity index (χ1n) is 7.98. The van der Waals surface area contributed by atoms with Crippen molar-refractivity contribution in [2.45, 2.75) is 30.2 Å². The number of carbonyl (C=O) groups is 3. The predicted octanol–water partition coefficient (Wildman–Crippen LogP) is 3.64. The molecule has 7 nitrogen and oxygen atoms in total. The van der Waals surface area contributed by atoms with E-state index in [0.29, 0.717) is 11.3 Å². The molecule has 1 aromatic carbocycles. The minimum Gasteiger partial charge on any atom is -0.447 e. The smallest absolute Gasteiger partial charge is 0.414 e. The molecule has 3 rings (SSSR count). The molecule has 2 aromatic rings. The maximum atomic E-state index is 13.7. The lowest BCUT2D eigenvalue weighted by molar-refractivity contribution is -0.115. The topological polar surface area (TPSA) is 96.5 Å². The van der Waals surface area contributed by atoms with Crippen LogP contribution in [-0.4, -0.2) is 29.4 Å². The number of imide groups is 1. The van der Waals surface area contributed by atoms with Crippen molar-refractivity contribution in [1.82, 2.24) is 5.32 Å². The van der Waals surface area contributed by atoms with Gasteiger partial charge in [-0.05, 0) is 26.0 Å². The van der Waals surface area contributed by atoms with Crippen molar-refractivity contribution in [3.63, 3.8) is 0 Å². The molecule has 0 spiro atoms. The van der Waals surface area contributed by atoms with Gasteiger partial charge in [-0.25, -0.2) is 4.79 Å². The third-order valence-electron chi connectivity index (χ3n) is 3.40. The summed E-state index contributed by atoms with van der Waals surface area (Å²) in [6.45, 7) is 3.26. The lowest BCUT2D eigenvalue weighted by Gasteiger charge is -2.12. The molecule has 0 bridgehead atoms. The fourth-order valence-electron chi connectivity index (χ4n) is 2.31. The lowest BCUT2D eigenvalue weighted by Crippen LogP contribution is -2.34. The van der Waals surface area contributed by atoms with E-state index >= 15 is 0 Å². The van der Waals surface area contributed by atoms with Crippen molar-refractivity contribution in [3.05, 3.63) is 41.0 Å². The van der Waals surface area contributed by atoms with Crippen molar-refractivity contribution in [3.8, 4) is 0 Å². The Morgan fingerprint density at radius 3 is 2.70 bits per heavy atom. The quantitative estimate of drug-likeness (QED) is 0.713. The molecule has 2 heterocycles. The highest BCUT2D eigenvalue weighted by Crippen LogP contribution is 2.38. The number of hydrogen-bond acceptors (Lipinski definition) is 7. The van der Waals surface area contributed by atoms with Gasteiger partial charge < -0.3 is 15.4 Å².